The molecule has 0 N–H and O–H groups in total. The zero-order valence-corrected chi connectivity index (χ0v) is 10.4. The Morgan fingerprint density at radius 1 is 0.762 bits per heavy atom. The first-order valence-corrected chi connectivity index (χ1v) is 5.63. The van der Waals surface area contributed by atoms with Crippen molar-refractivity contribution >= 4 is 11.1 Å². The predicted molar refractivity (Wildman–Crippen MR) is 67.3 cm³/mol. The van der Waals surface area contributed by atoms with E-state index in [4.69, 9.17) is 21.0 Å². The summed E-state index contributed by atoms with van der Waals surface area (Å²) in [4.78, 5) is 0. The predicted octanol–water partition coefficient (Wildman–Crippen LogP) is 2.97. The molecule has 2 rings (SSSR count). The molecule has 0 aliphatic heterocycles. The Hall–Kier alpha value is -3.48. The van der Waals surface area contributed by atoms with Crippen LogP contribution in [0.2, 0.25) is 0 Å². The molecule has 0 radical (unpaired) electrons. The molecule has 0 saturated carbocycles. The molecule has 0 unspecified atom stereocenters. The molecule has 0 aromatic heterocycles. The second kappa shape index (κ2) is 5.25. The molecule has 1 aliphatic rings. The van der Waals surface area contributed by atoms with Gasteiger partial charge in [-0.3, -0.25) is 0 Å². The highest BCUT2D eigenvalue weighted by Crippen LogP contribution is 2.44. The molecule has 1 aromatic rings. The van der Waals surface area contributed by atoms with Crippen LogP contribution in [0.25, 0.3) is 11.1 Å². The fourth-order valence-electron chi connectivity index (χ4n) is 2.18. The summed E-state index contributed by atoms with van der Waals surface area (Å²) in [6.07, 6.45) is -0.0644. The van der Waals surface area contributed by atoms with Gasteiger partial charge in [0, 0.05) is 6.42 Å². The van der Waals surface area contributed by atoms with Gasteiger partial charge in [0.15, 0.2) is 11.6 Å². The Morgan fingerprint density at radius 2 is 1.10 bits per heavy atom. The van der Waals surface area contributed by atoms with Crippen molar-refractivity contribution in [3.8, 4) is 24.3 Å². The lowest BCUT2D eigenvalue weighted by Gasteiger charge is -2.02. The number of halogens is 2. The number of nitriles is 4. The van der Waals surface area contributed by atoms with Crippen LogP contribution >= 0.6 is 0 Å². The van der Waals surface area contributed by atoms with Crippen LogP contribution in [0.3, 0.4) is 0 Å². The fraction of sp³-hybridized carbons (Fsp3) is 0.0667. The van der Waals surface area contributed by atoms with E-state index < -0.39 is 11.6 Å². The van der Waals surface area contributed by atoms with Gasteiger partial charge in [0.2, 0.25) is 0 Å². The van der Waals surface area contributed by atoms with Crippen molar-refractivity contribution in [3.63, 3.8) is 0 Å². The van der Waals surface area contributed by atoms with Crippen molar-refractivity contribution in [2.75, 3.05) is 0 Å². The summed E-state index contributed by atoms with van der Waals surface area (Å²) in [5, 5.41) is 35.7. The van der Waals surface area contributed by atoms with Gasteiger partial charge in [-0.15, -0.1) is 0 Å². The van der Waals surface area contributed by atoms with Crippen molar-refractivity contribution in [3.05, 3.63) is 46.0 Å². The van der Waals surface area contributed by atoms with Crippen molar-refractivity contribution in [2.45, 2.75) is 6.42 Å². The van der Waals surface area contributed by atoms with Crippen molar-refractivity contribution in [1.82, 2.24) is 0 Å². The van der Waals surface area contributed by atoms with Crippen LogP contribution in [0, 0.1) is 57.0 Å². The minimum absolute atomic E-state index is 0.0644. The minimum atomic E-state index is -1.13. The highest BCUT2D eigenvalue weighted by Gasteiger charge is 2.28. The quantitative estimate of drug-likeness (QED) is 0.681. The summed E-state index contributed by atoms with van der Waals surface area (Å²) in [5.41, 5.74) is 0.175. The summed E-state index contributed by atoms with van der Waals surface area (Å²) >= 11 is 0. The maximum Gasteiger partial charge on any atom is 0.159 e. The lowest BCUT2D eigenvalue weighted by atomic mass is 10.0. The first-order chi connectivity index (χ1) is 10.1. The van der Waals surface area contributed by atoms with E-state index in [0.29, 0.717) is 0 Å². The molecule has 1 aliphatic carbocycles. The van der Waals surface area contributed by atoms with Gasteiger partial charge in [-0.05, 0) is 34.4 Å². The van der Waals surface area contributed by atoms with E-state index in [2.05, 4.69) is 0 Å². The van der Waals surface area contributed by atoms with E-state index in [9.17, 15) is 8.78 Å². The van der Waals surface area contributed by atoms with E-state index in [1.54, 1.807) is 24.3 Å². The summed E-state index contributed by atoms with van der Waals surface area (Å²) in [7, 11) is 0. The van der Waals surface area contributed by atoms with Gasteiger partial charge in [0.05, 0.1) is 0 Å². The average Bonchev–Trinajstić information content (AvgIpc) is 2.82. The van der Waals surface area contributed by atoms with Gasteiger partial charge in [0.1, 0.15) is 35.4 Å². The third kappa shape index (κ3) is 2.12. The lowest BCUT2D eigenvalue weighted by molar-refractivity contribution is 0.508. The molecule has 0 heterocycles. The van der Waals surface area contributed by atoms with Crippen LogP contribution < -0.4 is 0 Å². The third-order valence-corrected chi connectivity index (χ3v) is 3.12. The zero-order valence-electron chi connectivity index (χ0n) is 10.4. The number of hydrogen-bond acceptors (Lipinski definition) is 4. The van der Waals surface area contributed by atoms with Gasteiger partial charge >= 0.3 is 0 Å². The van der Waals surface area contributed by atoms with Crippen LogP contribution in [0.4, 0.5) is 8.78 Å². The van der Waals surface area contributed by atoms with Crippen molar-refractivity contribution in [1.29, 1.82) is 21.0 Å². The third-order valence-electron chi connectivity index (χ3n) is 3.12. The number of rotatable bonds is 0. The van der Waals surface area contributed by atoms with Gasteiger partial charge in [-0.25, -0.2) is 8.78 Å². The molecule has 0 spiro atoms. The van der Waals surface area contributed by atoms with Crippen LogP contribution in [0.5, 0.6) is 0 Å². The van der Waals surface area contributed by atoms with Crippen LogP contribution in [-0.4, -0.2) is 0 Å². The van der Waals surface area contributed by atoms with Crippen molar-refractivity contribution in [2.24, 2.45) is 0 Å². The Kier molecular flexibility index (Phi) is 3.49. The van der Waals surface area contributed by atoms with E-state index in [1.165, 1.54) is 0 Å². The normalized spacial score (nSPS) is 11.7. The van der Waals surface area contributed by atoms with E-state index >= 15 is 0 Å². The first-order valence-electron chi connectivity index (χ1n) is 5.63. The van der Waals surface area contributed by atoms with E-state index in [0.717, 1.165) is 12.1 Å². The standard InChI is InChI=1S/C15H4F2N4/c16-14-2-12-10(8(4-18)5-19)1-11(9(6-20)7-21)13(12)3-15(14)17/h2-3H,1H2. The van der Waals surface area contributed by atoms with Gasteiger partial charge in [-0.2, -0.15) is 21.0 Å². The summed E-state index contributed by atoms with van der Waals surface area (Å²) < 4.78 is 26.8. The SMILES string of the molecule is N#CC(C#N)=C1CC(=C(C#N)C#N)c2cc(F)c(F)cc21. The monoisotopic (exact) mass is 278 g/mol. The molecule has 6 heteroatoms. The molecule has 0 amide bonds. The topological polar surface area (TPSA) is 95.2 Å². The maximum atomic E-state index is 13.4. The van der Waals surface area contributed by atoms with Crippen LogP contribution in [-0.2, 0) is 0 Å². The van der Waals surface area contributed by atoms with Gasteiger partial charge in [0.25, 0.3) is 0 Å². The minimum Gasteiger partial charge on any atom is -0.204 e. The number of allylic oxidation sites excluding steroid dienone is 4. The summed E-state index contributed by atoms with van der Waals surface area (Å²) in [5.74, 6) is -2.25. The second-order valence-electron chi connectivity index (χ2n) is 4.14. The molecule has 4 nitrogen and oxygen atoms in total. The van der Waals surface area contributed by atoms with Crippen molar-refractivity contribution < 1.29 is 8.78 Å². The summed E-state index contributed by atoms with van der Waals surface area (Å²) in [6.45, 7) is 0. The Morgan fingerprint density at radius 3 is 1.38 bits per heavy atom. The van der Waals surface area contributed by atoms with E-state index in [-0.39, 0.29) is 39.8 Å². The van der Waals surface area contributed by atoms with Gasteiger partial charge < -0.3 is 0 Å². The molecule has 98 valence electrons. The Labute approximate surface area is 118 Å². The fourth-order valence-corrected chi connectivity index (χ4v) is 2.18. The smallest absolute Gasteiger partial charge is 0.159 e. The molecular weight excluding hydrogens is 274 g/mol. The number of benzene rings is 1. The average molecular weight is 278 g/mol. The summed E-state index contributed by atoms with van der Waals surface area (Å²) in [6, 6.07) is 8.45. The number of hydrogen-bond donors (Lipinski definition) is 0. The molecule has 21 heavy (non-hydrogen) atoms. The maximum absolute atomic E-state index is 13.4. The molecule has 0 bridgehead atoms. The molecule has 0 atom stereocenters. The lowest BCUT2D eigenvalue weighted by Crippen LogP contribution is -1.91. The van der Waals surface area contributed by atoms with Gasteiger partial charge in [-0.1, -0.05) is 0 Å². The molecular formula is C15H4F2N4. The highest BCUT2D eigenvalue weighted by atomic mass is 19.2. The molecule has 0 fully saturated rings. The first kappa shape index (κ1) is 13.9. The molecule has 0 saturated heterocycles. The number of fused-ring (bicyclic) bond motifs is 1. The van der Waals surface area contributed by atoms with E-state index in [1.807, 2.05) is 0 Å². The Bertz CT molecular complexity index is 775. The van der Waals surface area contributed by atoms with Crippen LogP contribution in [0.1, 0.15) is 17.5 Å². The number of nitrogens with zero attached hydrogens (tertiary/aromatic N) is 4. The largest absolute Gasteiger partial charge is 0.204 e. The second-order valence-corrected chi connectivity index (χ2v) is 4.14. The Balaban J connectivity index is 2.91. The highest BCUT2D eigenvalue weighted by molar-refractivity contribution is 5.98. The van der Waals surface area contributed by atoms with Crippen LogP contribution in [0.15, 0.2) is 23.3 Å². The zero-order chi connectivity index (χ0) is 15.6. The molecule has 1 aromatic carbocycles.